The van der Waals surface area contributed by atoms with Crippen LogP contribution in [0.15, 0.2) is 80.9 Å². The van der Waals surface area contributed by atoms with E-state index in [0.717, 1.165) is 22.9 Å². The third kappa shape index (κ3) is 3.62. The van der Waals surface area contributed by atoms with E-state index in [2.05, 4.69) is 35.7 Å². The van der Waals surface area contributed by atoms with Gasteiger partial charge in [-0.1, -0.05) is 35.5 Å². The molecule has 0 aliphatic carbocycles. The van der Waals surface area contributed by atoms with Gasteiger partial charge in [-0.05, 0) is 22.9 Å². The number of nitrogens with zero attached hydrogens (tertiary/aromatic N) is 8. The van der Waals surface area contributed by atoms with E-state index in [1.54, 1.807) is 10.9 Å². The van der Waals surface area contributed by atoms with Crippen molar-refractivity contribution in [3.05, 3.63) is 83.9 Å². The number of halogens is 2. The highest BCUT2D eigenvalue weighted by molar-refractivity contribution is 6.02. The van der Waals surface area contributed by atoms with Crippen LogP contribution in [0.1, 0.15) is 11.3 Å². The molecule has 3 aliphatic rings. The van der Waals surface area contributed by atoms with E-state index in [1.807, 2.05) is 30.3 Å². The maximum absolute atomic E-state index is 14.1. The van der Waals surface area contributed by atoms with Gasteiger partial charge in [0.1, 0.15) is 30.2 Å². The first-order chi connectivity index (χ1) is 16.6. The number of imidazole rings is 1. The van der Waals surface area contributed by atoms with E-state index in [1.165, 1.54) is 18.3 Å². The zero-order valence-corrected chi connectivity index (χ0v) is 17.4. The standard InChI is InChI=1S/C23H14F2N8O/c24-17-3-1-2-16(22(17)25)23-28-20-10-27-33(12-21(20)29-23)11-15-8-18(31-34-15)13-4-6-14(7-5-13)19-9-26-32-30-19/h1-8,10,12H,9,11H2. The first kappa shape index (κ1) is 20.0. The lowest BCUT2D eigenvalue weighted by Crippen LogP contribution is -2.04. The molecule has 0 radical (unpaired) electrons. The van der Waals surface area contributed by atoms with E-state index < -0.39 is 11.6 Å². The molecule has 11 heteroatoms. The Kier molecular flexibility index (Phi) is 4.72. The number of aromatic nitrogens is 5. The molecule has 0 atom stereocenters. The van der Waals surface area contributed by atoms with Gasteiger partial charge in [0.05, 0.1) is 23.7 Å². The lowest BCUT2D eigenvalue weighted by molar-refractivity contribution is 0.372. The third-order valence-electron chi connectivity index (χ3n) is 5.35. The van der Waals surface area contributed by atoms with Gasteiger partial charge >= 0.3 is 0 Å². The van der Waals surface area contributed by atoms with Gasteiger partial charge in [-0.3, -0.25) is 4.68 Å². The minimum absolute atomic E-state index is 0.00237. The Labute approximate surface area is 190 Å². The van der Waals surface area contributed by atoms with Crippen molar-refractivity contribution in [1.29, 1.82) is 0 Å². The van der Waals surface area contributed by atoms with Crippen molar-refractivity contribution in [3.8, 4) is 34.0 Å². The van der Waals surface area contributed by atoms with Crippen LogP contribution in [0.3, 0.4) is 0 Å². The van der Waals surface area contributed by atoms with E-state index in [4.69, 9.17) is 4.52 Å². The summed E-state index contributed by atoms with van der Waals surface area (Å²) < 4.78 is 34.8. The number of benzene rings is 2. The first-order valence-electron chi connectivity index (χ1n) is 10.3. The van der Waals surface area contributed by atoms with Crippen LogP contribution >= 0.6 is 0 Å². The maximum Gasteiger partial charge on any atom is 0.169 e. The fourth-order valence-electron chi connectivity index (χ4n) is 3.63. The molecule has 3 aliphatic heterocycles. The van der Waals surface area contributed by atoms with E-state index in [-0.39, 0.29) is 11.4 Å². The fraction of sp³-hybridized carbons (Fsp3) is 0.0870. The Morgan fingerprint density at radius 2 is 1.76 bits per heavy atom. The average molecular weight is 456 g/mol. The Bertz CT molecular complexity index is 1540. The zero-order chi connectivity index (χ0) is 23.1. The number of rotatable bonds is 5. The predicted molar refractivity (Wildman–Crippen MR) is 117 cm³/mol. The summed E-state index contributed by atoms with van der Waals surface area (Å²) in [6.45, 7) is 0.784. The summed E-state index contributed by atoms with van der Waals surface area (Å²) in [6, 6.07) is 13.5. The van der Waals surface area contributed by atoms with Crippen molar-refractivity contribution in [3.63, 3.8) is 0 Å². The Balaban J connectivity index is 1.22. The minimum Gasteiger partial charge on any atom is -0.359 e. The second-order valence-corrected chi connectivity index (χ2v) is 7.58. The molecule has 166 valence electrons. The van der Waals surface area contributed by atoms with Crippen molar-refractivity contribution in [1.82, 2.24) is 24.9 Å². The van der Waals surface area contributed by atoms with Crippen LogP contribution in [0.2, 0.25) is 0 Å². The summed E-state index contributed by atoms with van der Waals surface area (Å²) in [5.74, 6) is -1.25. The van der Waals surface area contributed by atoms with Crippen LogP contribution in [0.25, 0.3) is 34.0 Å². The quantitative estimate of drug-likeness (QED) is 0.384. The minimum atomic E-state index is -0.984. The van der Waals surface area contributed by atoms with Crippen LogP contribution in [0, 0.1) is 11.6 Å². The topological polar surface area (TPSA) is 107 Å². The van der Waals surface area contributed by atoms with E-state index >= 15 is 0 Å². The fourth-order valence-corrected chi connectivity index (χ4v) is 3.63. The lowest BCUT2D eigenvalue weighted by atomic mass is 10.1. The molecule has 0 saturated heterocycles. The normalized spacial score (nSPS) is 13.1. The van der Waals surface area contributed by atoms with Crippen molar-refractivity contribution < 1.29 is 13.3 Å². The Morgan fingerprint density at radius 1 is 0.941 bits per heavy atom. The molecule has 6 rings (SSSR count). The summed E-state index contributed by atoms with van der Waals surface area (Å²) in [5, 5.41) is 20.0. The summed E-state index contributed by atoms with van der Waals surface area (Å²) >= 11 is 0. The third-order valence-corrected chi connectivity index (χ3v) is 5.35. The number of fused-ring (bicyclic) bond motifs is 1. The number of hydrogen-bond donors (Lipinski definition) is 0. The molecule has 34 heavy (non-hydrogen) atoms. The van der Waals surface area contributed by atoms with Crippen LogP contribution in [0.5, 0.6) is 0 Å². The molecule has 0 bridgehead atoms. The highest BCUT2D eigenvalue weighted by Gasteiger charge is 2.18. The second-order valence-electron chi connectivity index (χ2n) is 7.58. The SMILES string of the molecule is Fc1cccc(-c2nc3cnn(Cc4cc(-c5ccc(C6=NN=NC6)cc5)no4)cc-3n2)c1F. The molecule has 4 heterocycles. The van der Waals surface area contributed by atoms with Crippen LogP contribution in [-0.2, 0) is 6.54 Å². The molecule has 9 nitrogen and oxygen atoms in total. The smallest absolute Gasteiger partial charge is 0.169 e. The first-order valence-corrected chi connectivity index (χ1v) is 10.3. The monoisotopic (exact) mass is 456 g/mol. The molecular formula is C23H14F2N8O. The Morgan fingerprint density at radius 3 is 2.59 bits per heavy atom. The van der Waals surface area contributed by atoms with Gasteiger partial charge in [0.2, 0.25) is 0 Å². The van der Waals surface area contributed by atoms with Crippen molar-refractivity contribution in [2.24, 2.45) is 15.4 Å². The zero-order valence-electron chi connectivity index (χ0n) is 17.4. The Hall–Kier alpha value is -4.67. The molecule has 0 N–H and O–H groups in total. The van der Waals surface area contributed by atoms with Crippen LogP contribution in [-0.4, -0.2) is 37.2 Å². The van der Waals surface area contributed by atoms with Crippen molar-refractivity contribution >= 4 is 5.71 Å². The molecule has 0 spiro atoms. The number of hydrogen-bond acceptors (Lipinski definition) is 8. The molecule has 0 unspecified atom stereocenters. The average Bonchev–Trinajstić information content (AvgIpc) is 3.62. The molecular weight excluding hydrogens is 442 g/mol. The molecule has 1 aromatic heterocycles. The van der Waals surface area contributed by atoms with Gasteiger partial charge in [0.25, 0.3) is 0 Å². The van der Waals surface area contributed by atoms with Gasteiger partial charge < -0.3 is 4.52 Å². The van der Waals surface area contributed by atoms with Gasteiger partial charge in [0, 0.05) is 11.6 Å². The van der Waals surface area contributed by atoms with E-state index in [0.29, 0.717) is 35.9 Å². The second kappa shape index (κ2) is 8.03. The van der Waals surface area contributed by atoms with Gasteiger partial charge in [-0.15, -0.1) is 5.10 Å². The molecule has 2 aromatic carbocycles. The molecule has 0 saturated carbocycles. The highest BCUT2D eigenvalue weighted by Crippen LogP contribution is 2.27. The highest BCUT2D eigenvalue weighted by atomic mass is 19.2. The summed E-state index contributed by atoms with van der Waals surface area (Å²) in [7, 11) is 0. The lowest BCUT2D eigenvalue weighted by Gasteiger charge is -2.03. The summed E-state index contributed by atoms with van der Waals surface area (Å²) in [4.78, 5) is 8.60. The van der Waals surface area contributed by atoms with Gasteiger partial charge in [-0.2, -0.15) is 10.2 Å². The predicted octanol–water partition coefficient (Wildman–Crippen LogP) is 4.60. The van der Waals surface area contributed by atoms with Gasteiger partial charge in [-0.25, -0.2) is 18.7 Å². The largest absolute Gasteiger partial charge is 0.359 e. The molecule has 0 amide bonds. The maximum atomic E-state index is 14.1. The summed E-state index contributed by atoms with van der Waals surface area (Å²) in [6.07, 6.45) is 3.18. The van der Waals surface area contributed by atoms with Crippen LogP contribution in [0.4, 0.5) is 8.78 Å². The van der Waals surface area contributed by atoms with Crippen LogP contribution < -0.4 is 0 Å². The van der Waals surface area contributed by atoms with Gasteiger partial charge in [0.15, 0.2) is 23.2 Å². The van der Waals surface area contributed by atoms with Crippen molar-refractivity contribution in [2.75, 3.05) is 6.54 Å². The van der Waals surface area contributed by atoms with Crippen molar-refractivity contribution in [2.45, 2.75) is 6.54 Å². The van der Waals surface area contributed by atoms with E-state index in [9.17, 15) is 8.78 Å². The summed E-state index contributed by atoms with van der Waals surface area (Å²) in [5.41, 5.74) is 4.32. The molecule has 3 aromatic rings. The molecule has 0 fully saturated rings.